The van der Waals surface area contributed by atoms with E-state index in [1.54, 1.807) is 6.07 Å². The number of aryl methyl sites for hydroxylation is 1. The summed E-state index contributed by atoms with van der Waals surface area (Å²) in [6.45, 7) is 0.357. The van der Waals surface area contributed by atoms with Gasteiger partial charge in [-0.2, -0.15) is 0 Å². The van der Waals surface area contributed by atoms with Gasteiger partial charge in [0, 0.05) is 10.0 Å². The molecular weight excluding hydrogens is 335 g/mol. The number of ether oxygens (including phenoxy) is 1. The molecule has 21 heavy (non-hydrogen) atoms. The molecule has 3 rings (SSSR count). The van der Waals surface area contributed by atoms with Crippen LogP contribution in [0.4, 0.5) is 4.39 Å². The first kappa shape index (κ1) is 14.5. The Labute approximate surface area is 131 Å². The van der Waals surface area contributed by atoms with E-state index in [0.717, 1.165) is 36.1 Å². The van der Waals surface area contributed by atoms with Gasteiger partial charge in [0.05, 0.1) is 6.10 Å². The molecule has 0 bridgehead atoms. The first-order chi connectivity index (χ1) is 10.1. The van der Waals surface area contributed by atoms with Crippen molar-refractivity contribution < 1.29 is 14.2 Å². The van der Waals surface area contributed by atoms with Gasteiger partial charge < -0.3 is 9.84 Å². The minimum atomic E-state index is -0.394. The number of benzene rings is 2. The van der Waals surface area contributed by atoms with Gasteiger partial charge in [0.2, 0.25) is 0 Å². The molecule has 4 heteroatoms. The molecular formula is C17H16BrFO2. The van der Waals surface area contributed by atoms with Crippen LogP contribution in [0.25, 0.3) is 0 Å². The van der Waals surface area contributed by atoms with Crippen LogP contribution < -0.4 is 4.74 Å². The van der Waals surface area contributed by atoms with Gasteiger partial charge in [0.25, 0.3) is 0 Å². The monoisotopic (exact) mass is 350 g/mol. The maximum Gasteiger partial charge on any atom is 0.124 e. The highest BCUT2D eigenvalue weighted by atomic mass is 79.9. The quantitative estimate of drug-likeness (QED) is 0.880. The summed E-state index contributed by atoms with van der Waals surface area (Å²) in [5, 5.41) is 10.0. The Bertz CT molecular complexity index is 657. The fraction of sp³-hybridized carbons (Fsp3) is 0.294. The molecule has 0 saturated heterocycles. The number of hydrogen-bond acceptors (Lipinski definition) is 2. The van der Waals surface area contributed by atoms with Crippen molar-refractivity contribution in [3.63, 3.8) is 0 Å². The zero-order valence-corrected chi connectivity index (χ0v) is 13.1. The van der Waals surface area contributed by atoms with Gasteiger partial charge in [0.15, 0.2) is 0 Å². The van der Waals surface area contributed by atoms with E-state index in [9.17, 15) is 9.50 Å². The van der Waals surface area contributed by atoms with E-state index in [1.165, 1.54) is 17.7 Å². The largest absolute Gasteiger partial charge is 0.489 e. The first-order valence-corrected chi connectivity index (χ1v) is 7.80. The average molecular weight is 351 g/mol. The fourth-order valence-corrected chi connectivity index (χ4v) is 3.11. The highest BCUT2D eigenvalue weighted by Gasteiger charge is 2.18. The Morgan fingerprint density at radius 1 is 1.24 bits per heavy atom. The van der Waals surface area contributed by atoms with Gasteiger partial charge in [-0.15, -0.1) is 0 Å². The molecule has 0 saturated carbocycles. The van der Waals surface area contributed by atoms with E-state index in [1.807, 2.05) is 18.2 Å². The van der Waals surface area contributed by atoms with Gasteiger partial charge >= 0.3 is 0 Å². The van der Waals surface area contributed by atoms with Crippen LogP contribution in [0.15, 0.2) is 40.9 Å². The van der Waals surface area contributed by atoms with E-state index in [4.69, 9.17) is 4.74 Å². The van der Waals surface area contributed by atoms with Crippen molar-refractivity contribution in [3.05, 3.63) is 63.4 Å². The van der Waals surface area contributed by atoms with Crippen LogP contribution in [0.1, 0.15) is 35.6 Å². The molecule has 0 spiro atoms. The summed E-state index contributed by atoms with van der Waals surface area (Å²) < 4.78 is 19.5. The average Bonchev–Trinajstić information content (AvgIpc) is 2.47. The van der Waals surface area contributed by atoms with Crippen LogP contribution in [-0.2, 0) is 13.0 Å². The third kappa shape index (κ3) is 3.27. The standard InChI is InChI=1S/C17H16BrFO2/c18-16-8-13(19)6-4-12(16)10-21-14-7-5-11-2-1-3-17(20)15(11)9-14/h4-9,17,20H,1-3,10H2/t17-/m0/s1. The smallest absolute Gasteiger partial charge is 0.124 e. The molecule has 0 unspecified atom stereocenters. The lowest BCUT2D eigenvalue weighted by molar-refractivity contribution is 0.156. The molecule has 1 N–H and O–H groups in total. The molecule has 1 aliphatic carbocycles. The Balaban J connectivity index is 1.75. The van der Waals surface area contributed by atoms with Gasteiger partial charge in [-0.1, -0.05) is 28.1 Å². The van der Waals surface area contributed by atoms with E-state index in [2.05, 4.69) is 15.9 Å². The van der Waals surface area contributed by atoms with Crippen molar-refractivity contribution >= 4 is 15.9 Å². The van der Waals surface area contributed by atoms with Crippen molar-refractivity contribution in [1.29, 1.82) is 0 Å². The lowest BCUT2D eigenvalue weighted by atomic mass is 9.89. The predicted molar refractivity (Wildman–Crippen MR) is 82.8 cm³/mol. The third-order valence-electron chi connectivity index (χ3n) is 3.81. The summed E-state index contributed by atoms with van der Waals surface area (Å²) in [7, 11) is 0. The normalized spacial score (nSPS) is 17.4. The van der Waals surface area contributed by atoms with Gasteiger partial charge in [-0.3, -0.25) is 0 Å². The van der Waals surface area contributed by atoms with Crippen molar-refractivity contribution in [2.45, 2.75) is 32.0 Å². The summed E-state index contributed by atoms with van der Waals surface area (Å²) in [6.07, 6.45) is 2.45. The SMILES string of the molecule is O[C@H]1CCCc2ccc(OCc3ccc(F)cc3Br)cc21. The Morgan fingerprint density at radius 2 is 2.10 bits per heavy atom. The highest BCUT2D eigenvalue weighted by Crippen LogP contribution is 2.32. The van der Waals surface area contributed by atoms with Crippen LogP contribution in [0.5, 0.6) is 5.75 Å². The summed E-state index contributed by atoms with van der Waals surface area (Å²) in [5.41, 5.74) is 3.05. The third-order valence-corrected chi connectivity index (χ3v) is 4.55. The van der Waals surface area contributed by atoms with Crippen LogP contribution in [0, 0.1) is 5.82 Å². The number of halogens is 2. The number of rotatable bonds is 3. The van der Waals surface area contributed by atoms with Gasteiger partial charge in [-0.05, 0) is 54.7 Å². The molecule has 110 valence electrons. The lowest BCUT2D eigenvalue weighted by Crippen LogP contribution is -2.09. The number of hydrogen-bond donors (Lipinski definition) is 1. The second-order valence-electron chi connectivity index (χ2n) is 5.29. The molecule has 2 aromatic carbocycles. The number of aliphatic hydroxyl groups excluding tert-OH is 1. The van der Waals surface area contributed by atoms with E-state index < -0.39 is 6.10 Å². The molecule has 0 fully saturated rings. The molecule has 2 aromatic rings. The van der Waals surface area contributed by atoms with Crippen LogP contribution in [0.2, 0.25) is 0 Å². The minimum Gasteiger partial charge on any atom is -0.489 e. The maximum atomic E-state index is 13.0. The summed E-state index contributed by atoms with van der Waals surface area (Å²) >= 11 is 3.33. The van der Waals surface area contributed by atoms with Crippen LogP contribution >= 0.6 is 15.9 Å². The second-order valence-corrected chi connectivity index (χ2v) is 6.15. The highest BCUT2D eigenvalue weighted by molar-refractivity contribution is 9.10. The Hall–Kier alpha value is -1.39. The van der Waals surface area contributed by atoms with Crippen molar-refractivity contribution in [2.75, 3.05) is 0 Å². The maximum absolute atomic E-state index is 13.0. The van der Waals surface area contributed by atoms with E-state index in [0.29, 0.717) is 11.1 Å². The second kappa shape index (κ2) is 6.16. The molecule has 0 amide bonds. The number of fused-ring (bicyclic) bond motifs is 1. The minimum absolute atomic E-state index is 0.275. The summed E-state index contributed by atoms with van der Waals surface area (Å²) in [6, 6.07) is 10.4. The molecule has 0 radical (unpaired) electrons. The molecule has 1 atom stereocenters. The first-order valence-electron chi connectivity index (χ1n) is 7.01. The lowest BCUT2D eigenvalue weighted by Gasteiger charge is -2.22. The fourth-order valence-electron chi connectivity index (χ4n) is 2.64. The summed E-state index contributed by atoms with van der Waals surface area (Å²) in [4.78, 5) is 0. The molecule has 1 aliphatic rings. The Kier molecular flexibility index (Phi) is 4.27. The Morgan fingerprint density at radius 3 is 2.90 bits per heavy atom. The topological polar surface area (TPSA) is 29.5 Å². The van der Waals surface area contributed by atoms with Crippen LogP contribution in [-0.4, -0.2) is 5.11 Å². The molecule has 0 heterocycles. The zero-order chi connectivity index (χ0) is 14.8. The van der Waals surface area contributed by atoms with Crippen molar-refractivity contribution in [1.82, 2.24) is 0 Å². The number of aliphatic hydroxyl groups is 1. The molecule has 0 aliphatic heterocycles. The van der Waals surface area contributed by atoms with Crippen molar-refractivity contribution in [2.24, 2.45) is 0 Å². The predicted octanol–water partition coefficient (Wildman–Crippen LogP) is 4.54. The van der Waals surface area contributed by atoms with E-state index >= 15 is 0 Å². The van der Waals surface area contributed by atoms with Crippen LogP contribution in [0.3, 0.4) is 0 Å². The zero-order valence-electron chi connectivity index (χ0n) is 11.5. The molecule has 2 nitrogen and oxygen atoms in total. The summed E-state index contributed by atoms with van der Waals surface area (Å²) in [5.74, 6) is 0.452. The van der Waals surface area contributed by atoms with Gasteiger partial charge in [-0.25, -0.2) is 4.39 Å². The molecule has 0 aromatic heterocycles. The van der Waals surface area contributed by atoms with Crippen molar-refractivity contribution in [3.8, 4) is 5.75 Å². The van der Waals surface area contributed by atoms with E-state index in [-0.39, 0.29) is 5.82 Å². The van der Waals surface area contributed by atoms with Gasteiger partial charge in [0.1, 0.15) is 18.2 Å².